The molecule has 2 aromatic heterocycles. The Hall–Kier alpha value is -3.78. The highest BCUT2D eigenvalue weighted by Gasteiger charge is 2.11. The Kier molecular flexibility index (Phi) is 7.26. The number of thioether (sulfide) groups is 1. The second-order valence-corrected chi connectivity index (χ2v) is 8.32. The molecule has 0 saturated carbocycles. The van der Waals surface area contributed by atoms with Gasteiger partial charge in [-0.2, -0.15) is 0 Å². The standard InChI is InChI=1S/C25H24N4O3S/c1-18-7-12-22(32-18)16-28-24(31)20-8-10-21(11-9-20)29-14-13-26-25(29)33-17-23(30)27-15-19-5-3-2-4-6-19/h2-14H,15-17H2,1H3,(H,27,30)(H,28,31). The van der Waals surface area contributed by atoms with Crippen molar-refractivity contribution >= 4 is 23.6 Å². The van der Waals surface area contributed by atoms with E-state index in [2.05, 4.69) is 15.6 Å². The van der Waals surface area contributed by atoms with E-state index in [4.69, 9.17) is 4.42 Å². The van der Waals surface area contributed by atoms with Crippen LogP contribution in [0.15, 0.2) is 88.7 Å². The highest BCUT2D eigenvalue weighted by atomic mass is 32.2. The molecule has 8 heteroatoms. The van der Waals surface area contributed by atoms with Crippen LogP contribution in [0.3, 0.4) is 0 Å². The SMILES string of the molecule is Cc1ccc(CNC(=O)c2ccc(-n3ccnc3SCC(=O)NCc3ccccc3)cc2)o1. The number of aromatic nitrogens is 2. The average molecular weight is 461 g/mol. The summed E-state index contributed by atoms with van der Waals surface area (Å²) in [6, 6.07) is 20.7. The Morgan fingerprint density at radius 2 is 1.76 bits per heavy atom. The number of imidazole rings is 1. The Morgan fingerprint density at radius 1 is 0.970 bits per heavy atom. The first kappa shape index (κ1) is 22.4. The van der Waals surface area contributed by atoms with E-state index in [0.717, 1.165) is 17.0 Å². The fourth-order valence-corrected chi connectivity index (χ4v) is 4.00. The highest BCUT2D eigenvalue weighted by molar-refractivity contribution is 7.99. The molecule has 2 N–H and O–H groups in total. The lowest BCUT2D eigenvalue weighted by atomic mass is 10.2. The first-order valence-corrected chi connectivity index (χ1v) is 11.5. The van der Waals surface area contributed by atoms with Crippen LogP contribution in [0.25, 0.3) is 5.69 Å². The monoisotopic (exact) mass is 460 g/mol. The van der Waals surface area contributed by atoms with Crippen molar-refractivity contribution in [1.29, 1.82) is 0 Å². The van der Waals surface area contributed by atoms with Crippen LogP contribution in [0.4, 0.5) is 0 Å². The Balaban J connectivity index is 1.31. The van der Waals surface area contributed by atoms with Crippen molar-refractivity contribution in [2.45, 2.75) is 25.2 Å². The van der Waals surface area contributed by atoms with E-state index in [1.54, 1.807) is 18.3 Å². The summed E-state index contributed by atoms with van der Waals surface area (Å²) in [5, 5.41) is 6.47. The van der Waals surface area contributed by atoms with Gasteiger partial charge in [0.1, 0.15) is 11.5 Å². The van der Waals surface area contributed by atoms with Crippen molar-refractivity contribution in [3.8, 4) is 5.69 Å². The van der Waals surface area contributed by atoms with Gasteiger partial charge in [-0.25, -0.2) is 4.98 Å². The zero-order valence-corrected chi connectivity index (χ0v) is 19.0. The van der Waals surface area contributed by atoms with Gasteiger partial charge in [0.15, 0.2) is 5.16 Å². The van der Waals surface area contributed by atoms with Crippen molar-refractivity contribution in [3.63, 3.8) is 0 Å². The molecule has 2 amide bonds. The number of hydrogen-bond donors (Lipinski definition) is 2. The molecule has 0 aliphatic rings. The third kappa shape index (κ3) is 6.14. The van der Waals surface area contributed by atoms with Crippen LogP contribution in [0, 0.1) is 6.92 Å². The minimum absolute atomic E-state index is 0.0582. The van der Waals surface area contributed by atoms with E-state index in [0.29, 0.717) is 29.6 Å². The van der Waals surface area contributed by atoms with Crippen LogP contribution >= 0.6 is 11.8 Å². The number of amides is 2. The van der Waals surface area contributed by atoms with Gasteiger partial charge in [-0.05, 0) is 48.9 Å². The smallest absolute Gasteiger partial charge is 0.251 e. The molecule has 0 saturated heterocycles. The molecule has 4 rings (SSSR count). The molecule has 0 aliphatic heterocycles. The molecular formula is C25H24N4O3S. The van der Waals surface area contributed by atoms with Gasteiger partial charge in [0.2, 0.25) is 5.91 Å². The summed E-state index contributed by atoms with van der Waals surface area (Å²) in [4.78, 5) is 29.0. The maximum Gasteiger partial charge on any atom is 0.251 e. The molecule has 0 fully saturated rings. The molecule has 0 radical (unpaired) electrons. The molecule has 33 heavy (non-hydrogen) atoms. The molecule has 0 bridgehead atoms. The Bertz CT molecular complexity index is 1220. The molecule has 0 atom stereocenters. The van der Waals surface area contributed by atoms with Crippen LogP contribution < -0.4 is 10.6 Å². The Labute approximate surface area is 196 Å². The molecule has 7 nitrogen and oxygen atoms in total. The zero-order valence-electron chi connectivity index (χ0n) is 18.2. The van der Waals surface area contributed by atoms with Crippen LogP contribution in [-0.4, -0.2) is 27.1 Å². The molecule has 168 valence electrons. The zero-order chi connectivity index (χ0) is 23.0. The van der Waals surface area contributed by atoms with Gasteiger partial charge in [-0.15, -0.1) is 0 Å². The van der Waals surface area contributed by atoms with E-state index in [-0.39, 0.29) is 17.6 Å². The van der Waals surface area contributed by atoms with Crippen LogP contribution in [0.5, 0.6) is 0 Å². The van der Waals surface area contributed by atoms with Crippen molar-refractivity contribution in [2.24, 2.45) is 0 Å². The molecule has 0 aliphatic carbocycles. The summed E-state index contributed by atoms with van der Waals surface area (Å²) in [6.07, 6.45) is 3.52. The lowest BCUT2D eigenvalue weighted by Gasteiger charge is -2.09. The van der Waals surface area contributed by atoms with Crippen molar-refractivity contribution in [2.75, 3.05) is 5.75 Å². The van der Waals surface area contributed by atoms with Gasteiger partial charge in [0.25, 0.3) is 5.91 Å². The van der Waals surface area contributed by atoms with Gasteiger partial charge >= 0.3 is 0 Å². The summed E-state index contributed by atoms with van der Waals surface area (Å²) in [7, 11) is 0. The minimum Gasteiger partial charge on any atom is -0.465 e. The quantitative estimate of drug-likeness (QED) is 0.367. The number of rotatable bonds is 9. The number of benzene rings is 2. The fraction of sp³-hybridized carbons (Fsp3) is 0.160. The summed E-state index contributed by atoms with van der Waals surface area (Å²) < 4.78 is 7.36. The molecule has 0 unspecified atom stereocenters. The topological polar surface area (TPSA) is 89.2 Å². The predicted octanol–water partition coefficient (Wildman–Crippen LogP) is 4.11. The van der Waals surface area contributed by atoms with Crippen molar-refractivity contribution in [3.05, 3.63) is 102 Å². The minimum atomic E-state index is -0.175. The van der Waals surface area contributed by atoms with E-state index in [1.165, 1.54) is 11.8 Å². The van der Waals surface area contributed by atoms with E-state index < -0.39 is 0 Å². The molecule has 4 aromatic rings. The van der Waals surface area contributed by atoms with Gasteiger partial charge in [-0.1, -0.05) is 42.1 Å². The van der Waals surface area contributed by atoms with Gasteiger partial charge in [0, 0.05) is 30.2 Å². The first-order valence-electron chi connectivity index (χ1n) is 10.5. The van der Waals surface area contributed by atoms with E-state index in [1.807, 2.05) is 72.3 Å². The summed E-state index contributed by atoms with van der Waals surface area (Å²) in [6.45, 7) is 2.70. The maximum atomic E-state index is 12.4. The van der Waals surface area contributed by atoms with Crippen LogP contribution in [-0.2, 0) is 17.9 Å². The number of carbonyl (C=O) groups is 2. The lowest BCUT2D eigenvalue weighted by Crippen LogP contribution is -2.24. The second-order valence-electron chi connectivity index (χ2n) is 7.37. The number of furan rings is 1. The molecule has 2 aromatic carbocycles. The first-order chi connectivity index (χ1) is 16.1. The summed E-state index contributed by atoms with van der Waals surface area (Å²) in [5.41, 5.74) is 2.47. The second kappa shape index (κ2) is 10.7. The van der Waals surface area contributed by atoms with Crippen LogP contribution in [0.1, 0.15) is 27.4 Å². The van der Waals surface area contributed by atoms with Crippen LogP contribution in [0.2, 0.25) is 0 Å². The van der Waals surface area contributed by atoms with Crippen molar-refractivity contribution < 1.29 is 14.0 Å². The maximum absolute atomic E-state index is 12.4. The average Bonchev–Trinajstić information content (AvgIpc) is 3.49. The third-order valence-electron chi connectivity index (χ3n) is 4.90. The third-order valence-corrected chi connectivity index (χ3v) is 5.87. The number of aryl methyl sites for hydroxylation is 1. The number of nitrogens with zero attached hydrogens (tertiary/aromatic N) is 2. The summed E-state index contributed by atoms with van der Waals surface area (Å²) >= 11 is 1.36. The predicted molar refractivity (Wildman–Crippen MR) is 127 cm³/mol. The molecular weight excluding hydrogens is 436 g/mol. The number of hydrogen-bond acceptors (Lipinski definition) is 5. The van der Waals surface area contributed by atoms with E-state index >= 15 is 0 Å². The normalized spacial score (nSPS) is 10.7. The summed E-state index contributed by atoms with van der Waals surface area (Å²) in [5.74, 6) is 1.55. The van der Waals surface area contributed by atoms with Crippen molar-refractivity contribution in [1.82, 2.24) is 20.2 Å². The van der Waals surface area contributed by atoms with Gasteiger partial charge in [-0.3, -0.25) is 14.2 Å². The largest absolute Gasteiger partial charge is 0.465 e. The van der Waals surface area contributed by atoms with Gasteiger partial charge < -0.3 is 15.1 Å². The lowest BCUT2D eigenvalue weighted by molar-refractivity contribution is -0.118. The fourth-order valence-electron chi connectivity index (χ4n) is 3.19. The number of nitrogens with one attached hydrogen (secondary N) is 2. The molecule has 2 heterocycles. The van der Waals surface area contributed by atoms with Gasteiger partial charge in [0.05, 0.1) is 12.3 Å². The van der Waals surface area contributed by atoms with E-state index in [9.17, 15) is 9.59 Å². The number of carbonyl (C=O) groups excluding carboxylic acids is 2. The Morgan fingerprint density at radius 3 is 2.48 bits per heavy atom. The molecule has 0 spiro atoms. The highest BCUT2D eigenvalue weighted by Crippen LogP contribution is 2.21.